The summed E-state index contributed by atoms with van der Waals surface area (Å²) >= 11 is 0. The van der Waals surface area contributed by atoms with Crippen LogP contribution in [0.25, 0.3) is 11.4 Å². The molecule has 0 saturated carbocycles. The number of carbonyl (C=O) groups excluding carboxylic acids is 1. The van der Waals surface area contributed by atoms with Crippen LogP contribution in [-0.2, 0) is 4.79 Å². The van der Waals surface area contributed by atoms with Gasteiger partial charge in [0.25, 0.3) is 5.91 Å². The van der Waals surface area contributed by atoms with E-state index in [4.69, 9.17) is 14.7 Å². The van der Waals surface area contributed by atoms with Gasteiger partial charge in [-0.25, -0.2) is 9.97 Å². The lowest BCUT2D eigenvalue weighted by molar-refractivity contribution is -0.123. The zero-order valence-corrected chi connectivity index (χ0v) is 19.9. The minimum absolute atomic E-state index is 0.0430. The van der Waals surface area contributed by atoms with Crippen LogP contribution in [0.15, 0.2) is 54.9 Å². The van der Waals surface area contributed by atoms with Gasteiger partial charge in [-0.05, 0) is 45.2 Å². The Morgan fingerprint density at radius 1 is 1.06 bits per heavy atom. The summed E-state index contributed by atoms with van der Waals surface area (Å²) in [5.41, 5.74) is 1.72. The van der Waals surface area contributed by atoms with Crippen molar-refractivity contribution in [2.75, 3.05) is 50.1 Å². The minimum Gasteiger partial charge on any atom is -0.484 e. The second kappa shape index (κ2) is 10.9. The predicted molar refractivity (Wildman–Crippen MR) is 133 cm³/mol. The second-order valence-corrected chi connectivity index (χ2v) is 8.62. The van der Waals surface area contributed by atoms with Gasteiger partial charge in [0.2, 0.25) is 0 Å². The molecular weight excluding hydrogens is 430 g/mol. The molecule has 4 rings (SSSR count). The highest BCUT2D eigenvalue weighted by molar-refractivity contribution is 5.77. The molecule has 1 fully saturated rings. The molecule has 0 radical (unpaired) electrons. The van der Waals surface area contributed by atoms with E-state index in [1.165, 1.54) is 0 Å². The fourth-order valence-electron chi connectivity index (χ4n) is 3.65. The molecule has 9 heteroatoms. The van der Waals surface area contributed by atoms with E-state index in [-0.39, 0.29) is 18.6 Å². The number of ether oxygens (including phenoxy) is 1. The van der Waals surface area contributed by atoms with Crippen LogP contribution in [-0.4, -0.2) is 71.6 Å². The third kappa shape index (κ3) is 6.41. The first-order valence-corrected chi connectivity index (χ1v) is 11.5. The number of carbonyl (C=O) groups is 1. The Hall–Kier alpha value is -3.72. The van der Waals surface area contributed by atoms with E-state index in [2.05, 4.69) is 32.5 Å². The number of aromatic nitrogens is 3. The summed E-state index contributed by atoms with van der Waals surface area (Å²) in [5.74, 6) is 2.60. The summed E-state index contributed by atoms with van der Waals surface area (Å²) in [5, 5.41) is 6.19. The maximum atomic E-state index is 12.0. The van der Waals surface area contributed by atoms with Crippen LogP contribution in [0, 0.1) is 0 Å². The highest BCUT2D eigenvalue weighted by Gasteiger charge is 2.18. The quantitative estimate of drug-likeness (QED) is 0.529. The summed E-state index contributed by atoms with van der Waals surface area (Å²) in [6.07, 6.45) is 3.48. The van der Waals surface area contributed by atoms with Gasteiger partial charge >= 0.3 is 0 Å². The topological polar surface area (TPSA) is 95.5 Å². The smallest absolute Gasteiger partial charge is 0.258 e. The highest BCUT2D eigenvalue weighted by atomic mass is 16.5. The molecule has 1 aromatic carbocycles. The lowest BCUT2D eigenvalue weighted by Crippen LogP contribution is -2.44. The number of piperazine rings is 1. The Morgan fingerprint density at radius 2 is 1.82 bits per heavy atom. The number of anilines is 3. The lowest BCUT2D eigenvalue weighted by atomic mass is 10.2. The van der Waals surface area contributed by atoms with E-state index in [1.807, 2.05) is 56.3 Å². The molecule has 1 amide bonds. The van der Waals surface area contributed by atoms with E-state index in [9.17, 15) is 4.79 Å². The lowest BCUT2D eigenvalue weighted by Gasteiger charge is -2.33. The average Bonchev–Trinajstić information content (AvgIpc) is 2.83. The van der Waals surface area contributed by atoms with Crippen molar-refractivity contribution in [2.24, 2.45) is 0 Å². The van der Waals surface area contributed by atoms with Gasteiger partial charge in [0, 0.05) is 61.9 Å². The van der Waals surface area contributed by atoms with Crippen molar-refractivity contribution in [2.45, 2.75) is 19.9 Å². The molecule has 0 unspecified atom stereocenters. The first-order valence-electron chi connectivity index (χ1n) is 11.5. The van der Waals surface area contributed by atoms with Crippen LogP contribution in [0.1, 0.15) is 13.8 Å². The van der Waals surface area contributed by atoms with Crippen molar-refractivity contribution in [3.63, 3.8) is 0 Å². The Balaban J connectivity index is 1.60. The number of nitrogens with one attached hydrogen (secondary N) is 2. The van der Waals surface area contributed by atoms with Gasteiger partial charge in [-0.15, -0.1) is 0 Å². The number of hydrogen-bond acceptors (Lipinski definition) is 8. The molecule has 1 saturated heterocycles. The second-order valence-electron chi connectivity index (χ2n) is 8.62. The SMILES string of the molecule is CC(C)NC(=O)COc1cccc(-c2nc(Nc3ccncc3)cc(N3CCN(C)CC3)n2)c1. The number of hydrogen-bond donors (Lipinski definition) is 2. The van der Waals surface area contributed by atoms with E-state index in [0.29, 0.717) is 17.4 Å². The third-order valence-electron chi connectivity index (χ3n) is 5.40. The van der Waals surface area contributed by atoms with Crippen molar-refractivity contribution in [3.05, 3.63) is 54.9 Å². The number of amides is 1. The van der Waals surface area contributed by atoms with E-state index >= 15 is 0 Å². The molecular formula is C25H31N7O2. The van der Waals surface area contributed by atoms with Crippen LogP contribution in [0.3, 0.4) is 0 Å². The predicted octanol–water partition coefficient (Wildman–Crippen LogP) is 2.94. The number of rotatable bonds is 8. The van der Waals surface area contributed by atoms with Crippen molar-refractivity contribution in [1.82, 2.24) is 25.2 Å². The van der Waals surface area contributed by atoms with Gasteiger partial charge in [-0.1, -0.05) is 12.1 Å². The fourth-order valence-corrected chi connectivity index (χ4v) is 3.65. The zero-order valence-electron chi connectivity index (χ0n) is 19.9. The first kappa shape index (κ1) is 23.4. The van der Waals surface area contributed by atoms with Gasteiger partial charge in [-0.3, -0.25) is 9.78 Å². The van der Waals surface area contributed by atoms with Crippen LogP contribution < -0.4 is 20.3 Å². The summed E-state index contributed by atoms with van der Waals surface area (Å²) < 4.78 is 5.71. The molecule has 3 heterocycles. The van der Waals surface area contributed by atoms with Crippen molar-refractivity contribution in [1.29, 1.82) is 0 Å². The highest BCUT2D eigenvalue weighted by Crippen LogP contribution is 2.27. The van der Waals surface area contributed by atoms with Crippen LogP contribution in [0.4, 0.5) is 17.3 Å². The zero-order chi connectivity index (χ0) is 23.9. The Bertz CT molecular complexity index is 1100. The number of nitrogens with zero attached hydrogens (tertiary/aromatic N) is 5. The first-order chi connectivity index (χ1) is 16.5. The molecule has 178 valence electrons. The van der Waals surface area contributed by atoms with Crippen LogP contribution in [0.2, 0.25) is 0 Å². The van der Waals surface area contributed by atoms with E-state index < -0.39 is 0 Å². The third-order valence-corrected chi connectivity index (χ3v) is 5.40. The molecule has 0 spiro atoms. The van der Waals surface area contributed by atoms with Crippen molar-refractivity contribution >= 4 is 23.2 Å². The molecule has 2 N–H and O–H groups in total. The Kier molecular flexibility index (Phi) is 7.54. The summed E-state index contributed by atoms with van der Waals surface area (Å²) in [7, 11) is 2.13. The molecule has 0 atom stereocenters. The number of pyridine rings is 1. The van der Waals surface area contributed by atoms with E-state index in [1.54, 1.807) is 12.4 Å². The molecule has 3 aromatic rings. The van der Waals surface area contributed by atoms with Gasteiger partial charge in [0.15, 0.2) is 12.4 Å². The largest absolute Gasteiger partial charge is 0.484 e. The van der Waals surface area contributed by atoms with Gasteiger partial charge in [-0.2, -0.15) is 0 Å². The van der Waals surface area contributed by atoms with E-state index in [0.717, 1.165) is 43.2 Å². The van der Waals surface area contributed by atoms with Crippen molar-refractivity contribution < 1.29 is 9.53 Å². The average molecular weight is 462 g/mol. The van der Waals surface area contributed by atoms with Gasteiger partial charge in [0.05, 0.1) is 0 Å². The maximum absolute atomic E-state index is 12.0. The van der Waals surface area contributed by atoms with Gasteiger partial charge < -0.3 is 25.2 Å². The fraction of sp³-hybridized carbons (Fsp3) is 0.360. The molecule has 1 aliphatic heterocycles. The standard InChI is InChI=1S/C25H31N7O2/c1-18(2)27-24(33)17-34-21-6-4-5-19(15-21)25-29-22(28-20-7-9-26-10-8-20)16-23(30-25)32-13-11-31(3)12-14-32/h4-10,15-16,18H,11-14,17H2,1-3H3,(H,27,33)(H,26,28,29,30). The monoisotopic (exact) mass is 461 g/mol. The molecule has 9 nitrogen and oxygen atoms in total. The Morgan fingerprint density at radius 3 is 2.56 bits per heavy atom. The summed E-state index contributed by atoms with van der Waals surface area (Å²) in [4.78, 5) is 30.3. The van der Waals surface area contributed by atoms with Crippen LogP contribution >= 0.6 is 0 Å². The van der Waals surface area contributed by atoms with Crippen molar-refractivity contribution in [3.8, 4) is 17.1 Å². The molecule has 0 aliphatic carbocycles. The molecule has 1 aliphatic rings. The number of benzene rings is 1. The summed E-state index contributed by atoms with van der Waals surface area (Å²) in [6.45, 7) is 7.55. The number of likely N-dealkylation sites (N-methyl/N-ethyl adjacent to an activating group) is 1. The molecule has 2 aromatic heterocycles. The molecule has 34 heavy (non-hydrogen) atoms. The maximum Gasteiger partial charge on any atom is 0.258 e. The Labute approximate surface area is 200 Å². The van der Waals surface area contributed by atoms with Gasteiger partial charge in [0.1, 0.15) is 17.4 Å². The molecule has 0 bridgehead atoms. The normalized spacial score (nSPS) is 14.2. The minimum atomic E-state index is -0.155. The van der Waals surface area contributed by atoms with Crippen LogP contribution in [0.5, 0.6) is 5.75 Å². The summed E-state index contributed by atoms with van der Waals surface area (Å²) in [6, 6.07) is 13.4.